The van der Waals surface area contributed by atoms with E-state index in [2.05, 4.69) is 32.5 Å². The van der Waals surface area contributed by atoms with Crippen LogP contribution in [0.3, 0.4) is 0 Å². The van der Waals surface area contributed by atoms with Crippen molar-refractivity contribution in [2.75, 3.05) is 18.0 Å². The quantitative estimate of drug-likeness (QED) is 0.693. The van der Waals surface area contributed by atoms with Gasteiger partial charge in [-0.3, -0.25) is 4.79 Å². The normalized spacial score (nSPS) is 14.5. The van der Waals surface area contributed by atoms with Crippen LogP contribution in [0, 0.1) is 6.92 Å². The molecule has 120 valence electrons. The summed E-state index contributed by atoms with van der Waals surface area (Å²) in [7, 11) is 0. The predicted molar refractivity (Wildman–Crippen MR) is 94.2 cm³/mol. The summed E-state index contributed by atoms with van der Waals surface area (Å²) < 4.78 is 0. The molecular weight excluding hydrogens is 308 g/mol. The van der Waals surface area contributed by atoms with Crippen molar-refractivity contribution in [1.82, 2.24) is 10.4 Å². The second-order valence-corrected chi connectivity index (χ2v) is 6.51. The molecule has 6 heteroatoms. The number of nitrogens with one attached hydrogen (secondary N) is 1. The standard InChI is InChI=1S/C17H20N4OS/c1-12-17(23-11-18-12)13(2)19-20-16(22)10-21-9-5-7-14-6-3-4-8-15(14)21/h3-4,6,8,11H,5,7,9-10H2,1-2H3,(H,20,22)/b19-13+. The molecule has 1 N–H and O–H groups in total. The number of aryl methyl sites for hydroxylation is 2. The Kier molecular flexibility index (Phi) is 4.71. The lowest BCUT2D eigenvalue weighted by Crippen LogP contribution is -2.38. The van der Waals surface area contributed by atoms with Gasteiger partial charge in [0, 0.05) is 12.2 Å². The van der Waals surface area contributed by atoms with E-state index < -0.39 is 0 Å². The Labute approximate surface area is 140 Å². The minimum atomic E-state index is -0.0942. The molecule has 1 aromatic heterocycles. The number of hydrogen-bond donors (Lipinski definition) is 1. The molecule has 1 aliphatic heterocycles. The first-order chi connectivity index (χ1) is 11.1. The van der Waals surface area contributed by atoms with E-state index >= 15 is 0 Å². The molecule has 0 saturated heterocycles. The number of hydrogen-bond acceptors (Lipinski definition) is 5. The molecule has 0 saturated carbocycles. The number of nitrogens with zero attached hydrogens (tertiary/aromatic N) is 3. The predicted octanol–water partition coefficient (Wildman–Crippen LogP) is 2.74. The van der Waals surface area contributed by atoms with E-state index in [9.17, 15) is 4.79 Å². The van der Waals surface area contributed by atoms with Gasteiger partial charge in [-0.2, -0.15) is 5.10 Å². The highest BCUT2D eigenvalue weighted by atomic mass is 32.1. The van der Waals surface area contributed by atoms with Crippen molar-refractivity contribution in [2.24, 2.45) is 5.10 Å². The number of benzene rings is 1. The first-order valence-electron chi connectivity index (χ1n) is 7.71. The highest BCUT2D eigenvalue weighted by Crippen LogP contribution is 2.26. The van der Waals surface area contributed by atoms with Crippen LogP contribution in [-0.4, -0.2) is 29.7 Å². The molecular formula is C17H20N4OS. The van der Waals surface area contributed by atoms with Crippen molar-refractivity contribution in [2.45, 2.75) is 26.7 Å². The Morgan fingerprint density at radius 2 is 2.26 bits per heavy atom. The van der Waals surface area contributed by atoms with Crippen LogP contribution in [0.25, 0.3) is 0 Å². The minimum Gasteiger partial charge on any atom is -0.362 e. The number of carbonyl (C=O) groups excluding carboxylic acids is 1. The summed E-state index contributed by atoms with van der Waals surface area (Å²) in [5, 5.41) is 4.21. The van der Waals surface area contributed by atoms with Crippen molar-refractivity contribution in [1.29, 1.82) is 0 Å². The molecule has 2 aromatic rings. The fraction of sp³-hybridized carbons (Fsp3) is 0.353. The van der Waals surface area contributed by atoms with E-state index in [1.54, 1.807) is 5.51 Å². The van der Waals surface area contributed by atoms with Crippen molar-refractivity contribution in [3.05, 3.63) is 45.9 Å². The number of fused-ring (bicyclic) bond motifs is 1. The monoisotopic (exact) mass is 328 g/mol. The molecule has 0 spiro atoms. The van der Waals surface area contributed by atoms with Gasteiger partial charge in [0.15, 0.2) is 0 Å². The Balaban J connectivity index is 1.64. The van der Waals surface area contributed by atoms with Gasteiger partial charge in [0.05, 0.1) is 28.3 Å². The highest BCUT2D eigenvalue weighted by molar-refractivity contribution is 7.12. The molecule has 0 aliphatic carbocycles. The maximum atomic E-state index is 12.2. The van der Waals surface area contributed by atoms with Crippen LogP contribution in [0.4, 0.5) is 5.69 Å². The second kappa shape index (κ2) is 6.91. The number of para-hydroxylation sites is 1. The third-order valence-electron chi connectivity index (χ3n) is 3.96. The summed E-state index contributed by atoms with van der Waals surface area (Å²) in [6.07, 6.45) is 2.16. The van der Waals surface area contributed by atoms with Crippen molar-refractivity contribution < 1.29 is 4.79 Å². The zero-order valence-corrected chi connectivity index (χ0v) is 14.2. The molecule has 0 fully saturated rings. The van der Waals surface area contributed by atoms with E-state index in [-0.39, 0.29) is 5.91 Å². The van der Waals surface area contributed by atoms with Crippen LogP contribution in [0.5, 0.6) is 0 Å². The summed E-state index contributed by atoms with van der Waals surface area (Å²) in [5.41, 5.74) is 8.65. The number of thiazole rings is 1. The van der Waals surface area contributed by atoms with Gasteiger partial charge in [0.25, 0.3) is 5.91 Å². The number of aromatic nitrogens is 1. The molecule has 2 heterocycles. The molecule has 0 radical (unpaired) electrons. The molecule has 1 amide bonds. The summed E-state index contributed by atoms with van der Waals surface area (Å²) >= 11 is 1.53. The van der Waals surface area contributed by atoms with E-state index in [0.717, 1.165) is 41.4 Å². The highest BCUT2D eigenvalue weighted by Gasteiger charge is 2.18. The third-order valence-corrected chi connectivity index (χ3v) is 5.00. The van der Waals surface area contributed by atoms with E-state index in [0.29, 0.717) is 6.54 Å². The van der Waals surface area contributed by atoms with Crippen molar-refractivity contribution in [3.63, 3.8) is 0 Å². The summed E-state index contributed by atoms with van der Waals surface area (Å²) in [4.78, 5) is 19.5. The maximum Gasteiger partial charge on any atom is 0.259 e. The molecule has 0 atom stereocenters. The van der Waals surface area contributed by atoms with Crippen molar-refractivity contribution in [3.8, 4) is 0 Å². The lowest BCUT2D eigenvalue weighted by molar-refractivity contribution is -0.119. The number of carbonyl (C=O) groups is 1. The van der Waals surface area contributed by atoms with Crippen LogP contribution in [0.15, 0.2) is 34.9 Å². The molecule has 0 unspecified atom stereocenters. The van der Waals surface area contributed by atoms with Gasteiger partial charge in [-0.05, 0) is 38.3 Å². The Hall–Kier alpha value is -2.21. The molecule has 0 bridgehead atoms. The lowest BCUT2D eigenvalue weighted by atomic mass is 10.0. The van der Waals surface area contributed by atoms with Crippen LogP contribution in [-0.2, 0) is 11.2 Å². The minimum absolute atomic E-state index is 0.0942. The second-order valence-electron chi connectivity index (χ2n) is 5.65. The van der Waals surface area contributed by atoms with E-state index in [1.807, 2.05) is 26.0 Å². The zero-order valence-electron chi connectivity index (χ0n) is 13.4. The maximum absolute atomic E-state index is 12.2. The Morgan fingerprint density at radius 3 is 3.04 bits per heavy atom. The fourth-order valence-electron chi connectivity index (χ4n) is 2.83. The molecule has 5 nitrogen and oxygen atoms in total. The van der Waals surface area contributed by atoms with Crippen LogP contribution < -0.4 is 10.3 Å². The third kappa shape index (κ3) is 3.59. The van der Waals surface area contributed by atoms with Crippen molar-refractivity contribution >= 4 is 28.6 Å². The number of hydrazone groups is 1. The van der Waals surface area contributed by atoms with E-state index in [1.165, 1.54) is 16.9 Å². The van der Waals surface area contributed by atoms with Gasteiger partial charge < -0.3 is 4.90 Å². The molecule has 1 aliphatic rings. The summed E-state index contributed by atoms with van der Waals surface area (Å²) in [6.45, 7) is 5.06. The van der Waals surface area contributed by atoms with Gasteiger partial charge in [-0.15, -0.1) is 11.3 Å². The van der Waals surface area contributed by atoms with Gasteiger partial charge in [0.1, 0.15) is 0 Å². The Morgan fingerprint density at radius 1 is 1.43 bits per heavy atom. The molecule has 23 heavy (non-hydrogen) atoms. The summed E-state index contributed by atoms with van der Waals surface area (Å²) in [6, 6.07) is 8.28. The smallest absolute Gasteiger partial charge is 0.259 e. The topological polar surface area (TPSA) is 57.6 Å². The average molecular weight is 328 g/mol. The van der Waals surface area contributed by atoms with Crippen LogP contribution in [0.2, 0.25) is 0 Å². The Bertz CT molecular complexity index is 738. The fourth-order valence-corrected chi connectivity index (χ4v) is 3.59. The van der Waals surface area contributed by atoms with Gasteiger partial charge in [0.2, 0.25) is 0 Å². The SMILES string of the molecule is C/C(=N\NC(=O)CN1CCCc2ccccc21)c1scnc1C. The van der Waals surface area contributed by atoms with Crippen LogP contribution in [0.1, 0.15) is 29.5 Å². The first kappa shape index (κ1) is 15.7. The summed E-state index contributed by atoms with van der Waals surface area (Å²) in [5.74, 6) is -0.0942. The zero-order chi connectivity index (χ0) is 16.2. The number of amides is 1. The average Bonchev–Trinajstić information content (AvgIpc) is 2.99. The molecule has 3 rings (SSSR count). The first-order valence-corrected chi connectivity index (χ1v) is 8.59. The molecule has 1 aromatic carbocycles. The largest absolute Gasteiger partial charge is 0.362 e. The van der Waals surface area contributed by atoms with Gasteiger partial charge in [-0.25, -0.2) is 10.4 Å². The van der Waals surface area contributed by atoms with E-state index in [4.69, 9.17) is 0 Å². The van der Waals surface area contributed by atoms with Gasteiger partial charge >= 0.3 is 0 Å². The number of rotatable bonds is 4. The number of anilines is 1. The van der Waals surface area contributed by atoms with Crippen LogP contribution >= 0.6 is 11.3 Å². The van der Waals surface area contributed by atoms with Gasteiger partial charge in [-0.1, -0.05) is 18.2 Å². The lowest BCUT2D eigenvalue weighted by Gasteiger charge is -2.30.